The maximum absolute atomic E-state index is 12.2. The molecule has 2 fully saturated rings. The number of amides is 3. The van der Waals surface area contributed by atoms with Crippen molar-refractivity contribution in [1.82, 2.24) is 15.1 Å². The molecule has 2 N–H and O–H groups in total. The summed E-state index contributed by atoms with van der Waals surface area (Å²) in [5.41, 5.74) is 0.942. The van der Waals surface area contributed by atoms with E-state index in [1.54, 1.807) is 0 Å². The molecule has 2 heterocycles. The first-order valence-corrected chi connectivity index (χ1v) is 6.85. The molecule has 106 valence electrons. The molecule has 2 saturated heterocycles. The van der Waals surface area contributed by atoms with Crippen LogP contribution in [0.5, 0.6) is 0 Å². The summed E-state index contributed by atoms with van der Waals surface area (Å²) in [4.78, 5) is 27.3. The molecule has 1 unspecified atom stereocenters. The minimum Gasteiger partial charge on any atom is -0.376 e. The molecule has 0 aromatic heterocycles. The fraction of sp³-hybridized carbons (Fsp3) is 0.429. The normalized spacial score (nSPS) is 21.4. The van der Waals surface area contributed by atoms with Crippen LogP contribution in [0.25, 0.3) is 0 Å². The highest BCUT2D eigenvalue weighted by molar-refractivity contribution is 5.82. The summed E-state index contributed by atoms with van der Waals surface area (Å²) in [6.45, 7) is 2.77. The molecule has 3 amide bonds. The Labute approximate surface area is 117 Å². The van der Waals surface area contributed by atoms with Crippen LogP contribution in [0.3, 0.4) is 0 Å². The molecule has 0 aliphatic carbocycles. The number of hydrogen-bond donors (Lipinski definition) is 2. The number of urea groups is 1. The Kier molecular flexibility index (Phi) is 3.45. The van der Waals surface area contributed by atoms with Gasteiger partial charge in [0.05, 0.1) is 12.6 Å². The zero-order valence-electron chi connectivity index (χ0n) is 11.2. The summed E-state index contributed by atoms with van der Waals surface area (Å²) >= 11 is 0. The van der Waals surface area contributed by atoms with E-state index in [0.717, 1.165) is 5.69 Å². The van der Waals surface area contributed by atoms with Gasteiger partial charge in [-0.2, -0.15) is 0 Å². The fourth-order valence-corrected chi connectivity index (χ4v) is 2.68. The molecule has 6 heteroatoms. The van der Waals surface area contributed by atoms with Gasteiger partial charge < -0.3 is 20.4 Å². The van der Waals surface area contributed by atoms with Crippen molar-refractivity contribution in [2.45, 2.75) is 6.04 Å². The second kappa shape index (κ2) is 5.40. The molecule has 2 aliphatic heterocycles. The Morgan fingerprint density at radius 1 is 1.30 bits per heavy atom. The molecule has 1 atom stereocenters. The minimum absolute atomic E-state index is 0.00971. The third-order valence-corrected chi connectivity index (χ3v) is 3.80. The first kappa shape index (κ1) is 12.8. The van der Waals surface area contributed by atoms with Crippen molar-refractivity contribution in [1.29, 1.82) is 0 Å². The van der Waals surface area contributed by atoms with Gasteiger partial charge >= 0.3 is 6.03 Å². The highest BCUT2D eigenvalue weighted by Gasteiger charge is 2.36. The van der Waals surface area contributed by atoms with E-state index in [0.29, 0.717) is 26.2 Å². The number of hydrogen-bond acceptors (Lipinski definition) is 3. The summed E-state index contributed by atoms with van der Waals surface area (Å²) in [7, 11) is 0. The van der Waals surface area contributed by atoms with E-state index >= 15 is 0 Å². The van der Waals surface area contributed by atoms with Crippen LogP contribution >= 0.6 is 0 Å². The maximum Gasteiger partial charge on any atom is 0.317 e. The van der Waals surface area contributed by atoms with E-state index in [9.17, 15) is 9.59 Å². The molecule has 6 nitrogen and oxygen atoms in total. The first-order chi connectivity index (χ1) is 9.74. The molecule has 3 rings (SSSR count). The number of carbonyl (C=O) groups excluding carboxylic acids is 2. The Bertz CT molecular complexity index is 505. The Hall–Kier alpha value is -2.24. The topological polar surface area (TPSA) is 64.7 Å². The molecule has 0 radical (unpaired) electrons. The number of para-hydroxylation sites is 1. The van der Waals surface area contributed by atoms with E-state index < -0.39 is 0 Å². The quantitative estimate of drug-likeness (QED) is 0.835. The summed E-state index contributed by atoms with van der Waals surface area (Å²) in [5.74, 6) is 0.0767. The van der Waals surface area contributed by atoms with E-state index in [2.05, 4.69) is 10.6 Å². The molecule has 20 heavy (non-hydrogen) atoms. The van der Waals surface area contributed by atoms with Crippen LogP contribution in [0.4, 0.5) is 10.5 Å². The van der Waals surface area contributed by atoms with E-state index in [4.69, 9.17) is 0 Å². The van der Waals surface area contributed by atoms with Crippen molar-refractivity contribution < 1.29 is 9.59 Å². The average molecular weight is 274 g/mol. The lowest BCUT2D eigenvalue weighted by Crippen LogP contribution is -2.54. The lowest BCUT2D eigenvalue weighted by molar-refractivity contribution is -0.131. The molecule has 0 spiro atoms. The smallest absolute Gasteiger partial charge is 0.317 e. The van der Waals surface area contributed by atoms with Crippen LogP contribution in [0.1, 0.15) is 0 Å². The van der Waals surface area contributed by atoms with Crippen molar-refractivity contribution in [2.24, 2.45) is 0 Å². The SMILES string of the molecule is O=C(CNc1ccccc1)N1CCN2C(=O)NCC2C1. The maximum atomic E-state index is 12.2. The second-order valence-electron chi connectivity index (χ2n) is 5.09. The van der Waals surface area contributed by atoms with Gasteiger partial charge in [-0.25, -0.2) is 4.79 Å². The average Bonchev–Trinajstić information content (AvgIpc) is 2.87. The number of anilines is 1. The molecule has 1 aromatic carbocycles. The highest BCUT2D eigenvalue weighted by atomic mass is 16.2. The van der Waals surface area contributed by atoms with Gasteiger partial charge in [0.25, 0.3) is 0 Å². The third-order valence-electron chi connectivity index (χ3n) is 3.80. The first-order valence-electron chi connectivity index (χ1n) is 6.85. The number of carbonyl (C=O) groups is 2. The zero-order valence-corrected chi connectivity index (χ0v) is 11.2. The minimum atomic E-state index is -0.00971. The van der Waals surface area contributed by atoms with Crippen LogP contribution < -0.4 is 10.6 Å². The lowest BCUT2D eigenvalue weighted by atomic mass is 10.2. The van der Waals surface area contributed by atoms with Gasteiger partial charge in [0.2, 0.25) is 5.91 Å². The van der Waals surface area contributed by atoms with Crippen LogP contribution in [0.2, 0.25) is 0 Å². The van der Waals surface area contributed by atoms with Crippen molar-refractivity contribution in [3.63, 3.8) is 0 Å². The predicted octanol–water partition coefficient (Wildman–Crippen LogP) is 0.334. The third kappa shape index (κ3) is 2.54. The van der Waals surface area contributed by atoms with E-state index in [1.807, 2.05) is 40.1 Å². The monoisotopic (exact) mass is 274 g/mol. The lowest BCUT2D eigenvalue weighted by Gasteiger charge is -2.36. The Morgan fingerprint density at radius 2 is 2.10 bits per heavy atom. The molecule has 0 saturated carbocycles. The summed E-state index contributed by atoms with van der Waals surface area (Å²) in [6.07, 6.45) is 0. The fourth-order valence-electron chi connectivity index (χ4n) is 2.68. The highest BCUT2D eigenvalue weighted by Crippen LogP contribution is 2.14. The van der Waals surface area contributed by atoms with E-state index in [1.165, 1.54) is 0 Å². The molecule has 2 aliphatic rings. The van der Waals surface area contributed by atoms with Crippen LogP contribution in [-0.4, -0.2) is 60.5 Å². The summed E-state index contributed by atoms with van der Waals surface area (Å²) < 4.78 is 0. The van der Waals surface area contributed by atoms with Gasteiger partial charge in [-0.15, -0.1) is 0 Å². The molecular weight excluding hydrogens is 256 g/mol. The van der Waals surface area contributed by atoms with Crippen LogP contribution in [0.15, 0.2) is 30.3 Å². The van der Waals surface area contributed by atoms with Gasteiger partial charge in [0.15, 0.2) is 0 Å². The van der Waals surface area contributed by atoms with Gasteiger partial charge in [-0.05, 0) is 12.1 Å². The zero-order chi connectivity index (χ0) is 13.9. The van der Waals surface area contributed by atoms with Gasteiger partial charge in [-0.3, -0.25) is 4.79 Å². The van der Waals surface area contributed by atoms with Crippen molar-refractivity contribution in [3.8, 4) is 0 Å². The number of nitrogens with one attached hydrogen (secondary N) is 2. The van der Waals surface area contributed by atoms with Crippen molar-refractivity contribution >= 4 is 17.6 Å². The molecule has 1 aromatic rings. The second-order valence-corrected chi connectivity index (χ2v) is 5.09. The molecular formula is C14H18N4O2. The molecule has 0 bridgehead atoms. The van der Waals surface area contributed by atoms with Gasteiger partial charge in [0, 0.05) is 31.9 Å². The van der Waals surface area contributed by atoms with Crippen LogP contribution in [-0.2, 0) is 4.79 Å². The Morgan fingerprint density at radius 3 is 2.90 bits per heavy atom. The van der Waals surface area contributed by atoms with Gasteiger partial charge in [-0.1, -0.05) is 18.2 Å². The summed E-state index contributed by atoms with van der Waals surface area (Å²) in [6, 6.07) is 9.79. The largest absolute Gasteiger partial charge is 0.376 e. The standard InChI is InChI=1S/C14H18N4O2/c19-13(9-15-11-4-2-1-3-5-11)17-6-7-18-12(10-17)8-16-14(18)20/h1-5,12,15H,6-10H2,(H,16,20). The number of benzene rings is 1. The number of rotatable bonds is 3. The van der Waals surface area contributed by atoms with Crippen molar-refractivity contribution in [2.75, 3.05) is 38.0 Å². The van der Waals surface area contributed by atoms with Crippen molar-refractivity contribution in [3.05, 3.63) is 30.3 Å². The number of piperazine rings is 1. The Balaban J connectivity index is 1.52. The predicted molar refractivity (Wildman–Crippen MR) is 75.4 cm³/mol. The van der Waals surface area contributed by atoms with E-state index in [-0.39, 0.29) is 24.5 Å². The van der Waals surface area contributed by atoms with Gasteiger partial charge in [0.1, 0.15) is 0 Å². The van der Waals surface area contributed by atoms with Crippen LogP contribution in [0, 0.1) is 0 Å². The number of nitrogens with zero attached hydrogens (tertiary/aromatic N) is 2. The number of fused-ring (bicyclic) bond motifs is 1. The summed E-state index contributed by atoms with van der Waals surface area (Å²) in [5, 5.41) is 5.94.